The van der Waals surface area contributed by atoms with Crippen molar-refractivity contribution in [3.05, 3.63) is 20.9 Å². The molecule has 9 heteroatoms. The molecule has 2 aliphatic rings. The van der Waals surface area contributed by atoms with Gasteiger partial charge in [0.05, 0.1) is 12.6 Å². The Labute approximate surface area is 96.9 Å². The molecular weight excluding hydrogens is 228 g/mol. The van der Waals surface area contributed by atoms with Gasteiger partial charge >= 0.3 is 0 Å². The van der Waals surface area contributed by atoms with Crippen molar-refractivity contribution in [2.24, 2.45) is 10.2 Å². The van der Waals surface area contributed by atoms with Crippen molar-refractivity contribution >= 4 is 0 Å². The van der Waals surface area contributed by atoms with E-state index in [4.69, 9.17) is 25.3 Å². The molecule has 2 fully saturated rings. The van der Waals surface area contributed by atoms with E-state index >= 15 is 0 Å². The molecule has 0 aromatic rings. The quantitative estimate of drug-likeness (QED) is 0.424. The zero-order valence-corrected chi connectivity index (χ0v) is 9.42. The molecule has 2 aliphatic heterocycles. The fourth-order valence-electron chi connectivity index (χ4n) is 2.07. The molecule has 0 bridgehead atoms. The Morgan fingerprint density at radius 1 is 1.18 bits per heavy atom. The van der Waals surface area contributed by atoms with Crippen LogP contribution in [0.2, 0.25) is 0 Å². The molecule has 2 rings (SSSR count). The van der Waals surface area contributed by atoms with Crippen LogP contribution in [-0.4, -0.2) is 36.9 Å². The SMILES string of the molecule is CC1(C)O[C@@H]2[C@H](O1)[C@@H](CN=[N+]=[N-])O[C@@H]2N=[N+]=[N-]. The number of hydrogen-bond donors (Lipinski definition) is 0. The van der Waals surface area contributed by atoms with Crippen LogP contribution in [0.5, 0.6) is 0 Å². The molecule has 17 heavy (non-hydrogen) atoms. The van der Waals surface area contributed by atoms with Gasteiger partial charge in [-0.2, -0.15) is 0 Å². The van der Waals surface area contributed by atoms with Gasteiger partial charge in [-0.05, 0) is 24.9 Å². The van der Waals surface area contributed by atoms with Crippen LogP contribution in [0, 0.1) is 0 Å². The molecule has 4 atom stereocenters. The van der Waals surface area contributed by atoms with Crippen LogP contribution in [0.25, 0.3) is 20.9 Å². The normalized spacial score (nSPS) is 38.0. The van der Waals surface area contributed by atoms with E-state index in [2.05, 4.69) is 20.1 Å². The summed E-state index contributed by atoms with van der Waals surface area (Å²) in [6.07, 6.45) is -2.04. The van der Waals surface area contributed by atoms with Gasteiger partial charge in [0.15, 0.2) is 12.0 Å². The first-order valence-electron chi connectivity index (χ1n) is 5.13. The highest BCUT2D eigenvalue weighted by Gasteiger charge is 2.54. The summed E-state index contributed by atoms with van der Waals surface area (Å²) in [6, 6.07) is 0. The van der Waals surface area contributed by atoms with Crippen molar-refractivity contribution < 1.29 is 14.2 Å². The van der Waals surface area contributed by atoms with E-state index in [1.165, 1.54) is 0 Å². The zero-order valence-electron chi connectivity index (χ0n) is 9.42. The molecule has 0 saturated carbocycles. The van der Waals surface area contributed by atoms with E-state index in [0.717, 1.165) is 0 Å². The van der Waals surface area contributed by atoms with Crippen molar-refractivity contribution in [2.45, 2.75) is 44.2 Å². The molecule has 0 aromatic carbocycles. The Morgan fingerprint density at radius 3 is 2.53 bits per heavy atom. The first-order chi connectivity index (χ1) is 8.07. The average molecular weight is 240 g/mol. The third-order valence-electron chi connectivity index (χ3n) is 2.62. The lowest BCUT2D eigenvalue weighted by Gasteiger charge is -2.22. The zero-order chi connectivity index (χ0) is 12.5. The van der Waals surface area contributed by atoms with Crippen molar-refractivity contribution in [3.8, 4) is 0 Å². The summed E-state index contributed by atoms with van der Waals surface area (Å²) in [6.45, 7) is 3.65. The minimum atomic E-state index is -0.753. The molecule has 0 aromatic heterocycles. The maximum Gasteiger partial charge on any atom is 0.165 e. The van der Waals surface area contributed by atoms with Crippen molar-refractivity contribution in [3.63, 3.8) is 0 Å². The number of ether oxygens (including phenoxy) is 3. The maximum absolute atomic E-state index is 8.44. The molecule has 0 amide bonds. The number of nitrogens with zero attached hydrogens (tertiary/aromatic N) is 6. The summed E-state index contributed by atoms with van der Waals surface area (Å²) in [5, 5.41) is 6.95. The second kappa shape index (κ2) is 4.40. The summed E-state index contributed by atoms with van der Waals surface area (Å²) < 4.78 is 16.7. The molecule has 2 heterocycles. The number of fused-ring (bicyclic) bond motifs is 1. The van der Waals surface area contributed by atoms with Crippen LogP contribution in [0.4, 0.5) is 0 Å². The molecular formula is C8H12N6O3. The first-order valence-corrected chi connectivity index (χ1v) is 5.13. The summed E-state index contributed by atoms with van der Waals surface area (Å²) in [5.41, 5.74) is 16.7. The van der Waals surface area contributed by atoms with Gasteiger partial charge in [0.25, 0.3) is 0 Å². The van der Waals surface area contributed by atoms with Crippen molar-refractivity contribution in [1.29, 1.82) is 0 Å². The fraction of sp³-hybridized carbons (Fsp3) is 1.00. The second-order valence-corrected chi connectivity index (χ2v) is 4.25. The fourth-order valence-corrected chi connectivity index (χ4v) is 2.07. The van der Waals surface area contributed by atoms with Gasteiger partial charge in [-0.3, -0.25) is 0 Å². The predicted octanol–water partition coefficient (Wildman–Crippen LogP) is 1.85. The van der Waals surface area contributed by atoms with E-state index in [9.17, 15) is 0 Å². The van der Waals surface area contributed by atoms with E-state index in [0.29, 0.717) is 0 Å². The smallest absolute Gasteiger partial charge is 0.165 e. The van der Waals surface area contributed by atoms with Crippen LogP contribution in [-0.2, 0) is 14.2 Å². The summed E-state index contributed by atoms with van der Waals surface area (Å²) in [4.78, 5) is 5.37. The third-order valence-corrected chi connectivity index (χ3v) is 2.62. The monoisotopic (exact) mass is 240 g/mol. The van der Waals surface area contributed by atoms with Gasteiger partial charge in [0.2, 0.25) is 0 Å². The molecule has 0 N–H and O–H groups in total. The standard InChI is InChI=1S/C8H12N6O3/c1-8(2)16-5-4(3-11-13-9)15-7(12-14-10)6(5)17-8/h4-7H,3H2,1-2H3/t4-,5-,6-,7+/m1/s1. The molecule has 92 valence electrons. The highest BCUT2D eigenvalue weighted by atomic mass is 16.8. The molecule has 0 spiro atoms. The van der Waals surface area contributed by atoms with E-state index in [1.54, 1.807) is 13.8 Å². The van der Waals surface area contributed by atoms with E-state index in [-0.39, 0.29) is 12.6 Å². The highest BCUT2D eigenvalue weighted by Crippen LogP contribution is 2.39. The molecule has 2 saturated heterocycles. The van der Waals surface area contributed by atoms with Crippen LogP contribution < -0.4 is 0 Å². The summed E-state index contributed by atoms with van der Waals surface area (Å²) in [7, 11) is 0. The Hall–Kier alpha value is -1.50. The van der Waals surface area contributed by atoms with Gasteiger partial charge in [-0.15, -0.1) is 0 Å². The Kier molecular flexibility index (Phi) is 3.10. The summed E-state index contributed by atoms with van der Waals surface area (Å²) >= 11 is 0. The van der Waals surface area contributed by atoms with Gasteiger partial charge in [0, 0.05) is 9.82 Å². The third kappa shape index (κ3) is 2.28. The molecule has 9 nitrogen and oxygen atoms in total. The predicted molar refractivity (Wildman–Crippen MR) is 55.6 cm³/mol. The van der Waals surface area contributed by atoms with Crippen LogP contribution in [0.1, 0.15) is 13.8 Å². The lowest BCUT2D eigenvalue weighted by molar-refractivity contribution is -0.184. The largest absolute Gasteiger partial charge is 0.363 e. The minimum Gasteiger partial charge on any atom is -0.363 e. The highest BCUT2D eigenvalue weighted by molar-refractivity contribution is 4.98. The second-order valence-electron chi connectivity index (χ2n) is 4.25. The van der Waals surface area contributed by atoms with Crippen LogP contribution in [0.15, 0.2) is 10.2 Å². The molecule has 0 unspecified atom stereocenters. The molecule has 0 aliphatic carbocycles. The van der Waals surface area contributed by atoms with Crippen LogP contribution in [0.3, 0.4) is 0 Å². The van der Waals surface area contributed by atoms with Gasteiger partial charge in [-0.1, -0.05) is 10.2 Å². The number of rotatable bonds is 3. The first kappa shape index (κ1) is 12.0. The van der Waals surface area contributed by atoms with Gasteiger partial charge in [-0.25, -0.2) is 0 Å². The van der Waals surface area contributed by atoms with Crippen LogP contribution >= 0.6 is 0 Å². The molecule has 0 radical (unpaired) electrons. The lowest BCUT2D eigenvalue weighted by atomic mass is 10.1. The summed E-state index contributed by atoms with van der Waals surface area (Å²) in [5.74, 6) is -0.753. The van der Waals surface area contributed by atoms with Gasteiger partial charge in [0.1, 0.15) is 12.2 Å². The lowest BCUT2D eigenvalue weighted by Crippen LogP contribution is -2.31. The van der Waals surface area contributed by atoms with Crippen molar-refractivity contribution in [1.82, 2.24) is 0 Å². The Bertz CT molecular complexity index is 400. The minimum absolute atomic E-state index is 0.120. The van der Waals surface area contributed by atoms with Crippen molar-refractivity contribution in [2.75, 3.05) is 6.54 Å². The Balaban J connectivity index is 2.17. The topological polar surface area (TPSA) is 125 Å². The Morgan fingerprint density at radius 2 is 1.88 bits per heavy atom. The van der Waals surface area contributed by atoms with E-state index < -0.39 is 24.2 Å². The number of azide groups is 2. The van der Waals surface area contributed by atoms with Gasteiger partial charge < -0.3 is 14.2 Å². The maximum atomic E-state index is 8.44. The average Bonchev–Trinajstić information content (AvgIpc) is 2.72. The number of hydrogen-bond acceptors (Lipinski definition) is 5. The van der Waals surface area contributed by atoms with E-state index in [1.807, 2.05) is 0 Å².